The first-order chi connectivity index (χ1) is 10.7. The van der Waals surface area contributed by atoms with E-state index in [4.69, 9.17) is 9.51 Å². The van der Waals surface area contributed by atoms with Gasteiger partial charge in [-0.25, -0.2) is 9.97 Å². The molecule has 1 amide bonds. The lowest BCUT2D eigenvalue weighted by Gasteiger charge is -2.25. The molecule has 7 heteroatoms. The van der Waals surface area contributed by atoms with E-state index in [0.29, 0.717) is 24.7 Å². The highest BCUT2D eigenvalue weighted by atomic mass is 16.5. The molecule has 3 heterocycles. The van der Waals surface area contributed by atoms with Crippen LogP contribution in [0.1, 0.15) is 46.3 Å². The van der Waals surface area contributed by atoms with Gasteiger partial charge < -0.3 is 14.7 Å². The maximum Gasteiger partial charge on any atom is 0.270 e. The summed E-state index contributed by atoms with van der Waals surface area (Å²) in [6.45, 7) is 1.22. The fourth-order valence-electron chi connectivity index (χ4n) is 2.77. The number of rotatable bonds is 4. The third-order valence-corrected chi connectivity index (χ3v) is 4.07. The van der Waals surface area contributed by atoms with E-state index in [9.17, 15) is 4.79 Å². The average Bonchev–Trinajstić information content (AvgIpc) is 3.25. The Kier molecular flexibility index (Phi) is 3.06. The number of carbonyl (C=O) groups is 1. The Labute approximate surface area is 127 Å². The molecule has 2 aromatic rings. The van der Waals surface area contributed by atoms with Crippen molar-refractivity contribution in [2.75, 3.05) is 18.5 Å². The van der Waals surface area contributed by atoms with Gasteiger partial charge in [-0.3, -0.25) is 4.79 Å². The van der Waals surface area contributed by atoms with Crippen LogP contribution in [0.15, 0.2) is 16.9 Å². The van der Waals surface area contributed by atoms with Crippen molar-refractivity contribution in [2.24, 2.45) is 0 Å². The van der Waals surface area contributed by atoms with Gasteiger partial charge in [-0.05, 0) is 19.3 Å². The number of carbonyl (C=O) groups excluding carboxylic acids is 1. The molecule has 0 bridgehead atoms. The lowest BCUT2D eigenvalue weighted by Crippen LogP contribution is -2.35. The second kappa shape index (κ2) is 5.08. The fraction of sp³-hybridized carbons (Fsp3) is 0.467. The number of hydrogen-bond donors (Lipinski definition) is 1. The standard InChI is InChI=1S/C15H17N5O2/c1-20(8-10-5-7-22-19-10)14-11-4-6-16-15(21)12(11)17-13(18-14)9-2-3-9/h5,7,9H,2-4,6,8H2,1H3,(H,16,21). The molecule has 114 valence electrons. The molecule has 1 saturated carbocycles. The summed E-state index contributed by atoms with van der Waals surface area (Å²) in [5.41, 5.74) is 2.30. The Hall–Kier alpha value is -2.44. The molecule has 0 spiro atoms. The summed E-state index contributed by atoms with van der Waals surface area (Å²) in [5, 5.41) is 6.80. The molecule has 22 heavy (non-hydrogen) atoms. The summed E-state index contributed by atoms with van der Waals surface area (Å²) in [6.07, 6.45) is 4.52. The smallest absolute Gasteiger partial charge is 0.270 e. The topological polar surface area (TPSA) is 84.2 Å². The van der Waals surface area contributed by atoms with Gasteiger partial charge in [0.25, 0.3) is 5.91 Å². The van der Waals surface area contributed by atoms with Crippen LogP contribution in [0.2, 0.25) is 0 Å². The lowest BCUT2D eigenvalue weighted by molar-refractivity contribution is 0.0940. The quantitative estimate of drug-likeness (QED) is 0.915. The van der Waals surface area contributed by atoms with Crippen LogP contribution in [0.25, 0.3) is 0 Å². The second-order valence-electron chi connectivity index (χ2n) is 5.86. The van der Waals surface area contributed by atoms with Crippen LogP contribution in [0.4, 0.5) is 5.82 Å². The average molecular weight is 299 g/mol. The molecule has 7 nitrogen and oxygen atoms in total. The molecule has 1 aliphatic heterocycles. The van der Waals surface area contributed by atoms with E-state index in [1.165, 1.54) is 0 Å². The molecule has 4 rings (SSSR count). The third-order valence-electron chi connectivity index (χ3n) is 4.07. The van der Waals surface area contributed by atoms with E-state index >= 15 is 0 Å². The Balaban J connectivity index is 1.74. The van der Waals surface area contributed by atoms with Crippen LogP contribution in [-0.2, 0) is 13.0 Å². The Morgan fingerprint density at radius 3 is 3.00 bits per heavy atom. The third kappa shape index (κ3) is 2.32. The number of hydrogen-bond acceptors (Lipinski definition) is 6. The number of aromatic nitrogens is 3. The van der Waals surface area contributed by atoms with Crippen LogP contribution >= 0.6 is 0 Å². The molecule has 0 radical (unpaired) electrons. The van der Waals surface area contributed by atoms with Crippen LogP contribution < -0.4 is 10.2 Å². The summed E-state index contributed by atoms with van der Waals surface area (Å²) in [7, 11) is 1.96. The van der Waals surface area contributed by atoms with Crippen LogP contribution in [0.3, 0.4) is 0 Å². The van der Waals surface area contributed by atoms with E-state index in [0.717, 1.165) is 42.2 Å². The minimum atomic E-state index is -0.0957. The van der Waals surface area contributed by atoms with Gasteiger partial charge in [0.1, 0.15) is 29.3 Å². The fourth-order valence-corrected chi connectivity index (χ4v) is 2.77. The van der Waals surface area contributed by atoms with Crippen molar-refractivity contribution in [3.05, 3.63) is 35.1 Å². The Morgan fingerprint density at radius 2 is 2.27 bits per heavy atom. The largest absolute Gasteiger partial charge is 0.364 e. The molecule has 0 unspecified atom stereocenters. The second-order valence-corrected chi connectivity index (χ2v) is 5.86. The van der Waals surface area contributed by atoms with Crippen molar-refractivity contribution < 1.29 is 9.32 Å². The molecular formula is C15H17N5O2. The van der Waals surface area contributed by atoms with Gasteiger partial charge in [-0.1, -0.05) is 5.16 Å². The predicted molar refractivity (Wildman–Crippen MR) is 78.7 cm³/mol. The first-order valence-electron chi connectivity index (χ1n) is 7.52. The number of nitrogens with zero attached hydrogens (tertiary/aromatic N) is 4. The number of amides is 1. The lowest BCUT2D eigenvalue weighted by atomic mass is 10.1. The van der Waals surface area contributed by atoms with Crippen LogP contribution in [0.5, 0.6) is 0 Å². The van der Waals surface area contributed by atoms with Crippen molar-refractivity contribution in [1.82, 2.24) is 20.4 Å². The van der Waals surface area contributed by atoms with Gasteiger partial charge in [0.2, 0.25) is 0 Å². The van der Waals surface area contributed by atoms with Gasteiger partial charge in [0.05, 0.1) is 6.54 Å². The van der Waals surface area contributed by atoms with E-state index in [-0.39, 0.29) is 5.91 Å². The minimum absolute atomic E-state index is 0.0957. The van der Waals surface area contributed by atoms with Crippen molar-refractivity contribution in [3.63, 3.8) is 0 Å². The molecule has 0 saturated heterocycles. The van der Waals surface area contributed by atoms with Gasteiger partial charge in [0.15, 0.2) is 0 Å². The SMILES string of the molecule is CN(Cc1ccon1)c1nc(C2CC2)nc2c1CCNC2=O. The van der Waals surface area contributed by atoms with E-state index in [1.54, 1.807) is 6.26 Å². The number of anilines is 1. The van der Waals surface area contributed by atoms with E-state index in [1.807, 2.05) is 18.0 Å². The van der Waals surface area contributed by atoms with Gasteiger partial charge in [-0.2, -0.15) is 0 Å². The monoisotopic (exact) mass is 299 g/mol. The molecule has 1 aliphatic carbocycles. The maximum atomic E-state index is 12.1. The zero-order valence-corrected chi connectivity index (χ0v) is 12.4. The summed E-state index contributed by atoms with van der Waals surface area (Å²) < 4.78 is 4.88. The van der Waals surface area contributed by atoms with Crippen molar-refractivity contribution in [1.29, 1.82) is 0 Å². The maximum absolute atomic E-state index is 12.1. The highest BCUT2D eigenvalue weighted by Crippen LogP contribution is 2.39. The first-order valence-corrected chi connectivity index (χ1v) is 7.52. The van der Waals surface area contributed by atoms with Crippen LogP contribution in [-0.4, -0.2) is 34.6 Å². The molecule has 1 N–H and O–H groups in total. The van der Waals surface area contributed by atoms with Gasteiger partial charge >= 0.3 is 0 Å². The molecule has 0 atom stereocenters. The van der Waals surface area contributed by atoms with Crippen molar-refractivity contribution in [2.45, 2.75) is 31.7 Å². The summed E-state index contributed by atoms with van der Waals surface area (Å²) in [5.74, 6) is 1.93. The van der Waals surface area contributed by atoms with Gasteiger partial charge in [0, 0.05) is 31.1 Å². The summed E-state index contributed by atoms with van der Waals surface area (Å²) in [6, 6.07) is 1.83. The zero-order valence-electron chi connectivity index (χ0n) is 12.4. The normalized spacial score (nSPS) is 17.0. The summed E-state index contributed by atoms with van der Waals surface area (Å²) >= 11 is 0. The highest BCUT2D eigenvalue weighted by Gasteiger charge is 2.32. The summed E-state index contributed by atoms with van der Waals surface area (Å²) in [4.78, 5) is 23.4. The molecular weight excluding hydrogens is 282 g/mol. The van der Waals surface area contributed by atoms with E-state index in [2.05, 4.69) is 15.5 Å². The van der Waals surface area contributed by atoms with Crippen molar-refractivity contribution in [3.8, 4) is 0 Å². The predicted octanol–water partition coefficient (Wildman–Crippen LogP) is 1.26. The minimum Gasteiger partial charge on any atom is -0.364 e. The van der Waals surface area contributed by atoms with Gasteiger partial charge in [-0.15, -0.1) is 0 Å². The Bertz CT molecular complexity index is 709. The number of fused-ring (bicyclic) bond motifs is 1. The molecule has 0 aromatic carbocycles. The molecule has 1 fully saturated rings. The first kappa shape index (κ1) is 13.2. The van der Waals surface area contributed by atoms with E-state index < -0.39 is 0 Å². The van der Waals surface area contributed by atoms with Crippen molar-refractivity contribution >= 4 is 11.7 Å². The molecule has 2 aliphatic rings. The highest BCUT2D eigenvalue weighted by molar-refractivity contribution is 5.96. The number of nitrogens with one attached hydrogen (secondary N) is 1. The molecule has 2 aromatic heterocycles. The Morgan fingerprint density at radius 1 is 1.41 bits per heavy atom. The van der Waals surface area contributed by atoms with Crippen LogP contribution in [0, 0.1) is 0 Å². The zero-order chi connectivity index (χ0) is 15.1.